The minimum Gasteiger partial charge on any atom is -0.489 e. The fourth-order valence-corrected chi connectivity index (χ4v) is 4.84. The van der Waals surface area contributed by atoms with Gasteiger partial charge in [0.1, 0.15) is 11.9 Å². The first-order valence-corrected chi connectivity index (χ1v) is 10.6. The molecule has 3 rings (SSSR count). The van der Waals surface area contributed by atoms with E-state index in [-0.39, 0.29) is 35.0 Å². The molecule has 1 amide bonds. The van der Waals surface area contributed by atoms with Crippen LogP contribution < -0.4 is 14.8 Å². The fraction of sp³-hybridized carbons (Fsp3) is 0.458. The van der Waals surface area contributed by atoms with E-state index in [2.05, 4.69) is 42.8 Å². The summed E-state index contributed by atoms with van der Waals surface area (Å²) < 4.78 is 11.8. The van der Waals surface area contributed by atoms with E-state index >= 15 is 0 Å². The van der Waals surface area contributed by atoms with Gasteiger partial charge in [-0.15, -0.1) is 0 Å². The molecule has 1 fully saturated rings. The zero-order valence-corrected chi connectivity index (χ0v) is 19.4. The van der Waals surface area contributed by atoms with Gasteiger partial charge in [0, 0.05) is 29.1 Å². The van der Waals surface area contributed by atoms with E-state index in [1.807, 2.05) is 13.8 Å². The highest BCUT2D eigenvalue weighted by atomic mass is 35.5. The molecular formula is C24H28ClN3O3. The van der Waals surface area contributed by atoms with Crippen LogP contribution in [0.3, 0.4) is 0 Å². The summed E-state index contributed by atoms with van der Waals surface area (Å²) in [7, 11) is 0. The predicted molar refractivity (Wildman–Crippen MR) is 121 cm³/mol. The van der Waals surface area contributed by atoms with Gasteiger partial charge >= 0.3 is 0 Å². The van der Waals surface area contributed by atoms with Crippen molar-refractivity contribution in [3.8, 4) is 11.6 Å². The minimum atomic E-state index is -0.321. The molecule has 0 unspecified atom stereocenters. The van der Waals surface area contributed by atoms with Crippen molar-refractivity contribution in [3.63, 3.8) is 0 Å². The molecule has 0 saturated heterocycles. The molecule has 0 radical (unpaired) electrons. The summed E-state index contributed by atoms with van der Waals surface area (Å²) in [6.07, 6.45) is 1.40. The SMILES string of the molecule is [C-]#[N+]c1ccc(OC2C(C)(C)C(NC(=O)c3ccc(OC(C)C)nc3)C2(C)C)cc1Cl. The second kappa shape index (κ2) is 8.39. The van der Waals surface area contributed by atoms with Crippen LogP contribution in [0.5, 0.6) is 11.6 Å². The molecule has 1 heterocycles. The molecule has 1 saturated carbocycles. The number of hydrogen-bond donors (Lipinski definition) is 1. The van der Waals surface area contributed by atoms with Crippen LogP contribution in [-0.4, -0.2) is 29.1 Å². The standard InChI is InChI=1S/C24H28ClN3O3/c1-14(2)30-19-11-8-15(13-27-19)20(29)28-21-23(3,4)22(24(21,5)6)31-16-9-10-18(26-7)17(25)12-16/h8-14,21-22H,1-6H3,(H,28,29). The molecule has 2 aromatic rings. The highest BCUT2D eigenvalue weighted by Crippen LogP contribution is 2.55. The molecule has 1 aliphatic carbocycles. The Morgan fingerprint density at radius 2 is 1.87 bits per heavy atom. The van der Waals surface area contributed by atoms with Gasteiger partial charge in [0.25, 0.3) is 5.91 Å². The van der Waals surface area contributed by atoms with E-state index in [0.717, 1.165) is 0 Å². The molecule has 0 atom stereocenters. The molecule has 0 spiro atoms. The molecule has 164 valence electrons. The number of halogens is 1. The molecule has 1 aromatic heterocycles. The van der Waals surface area contributed by atoms with Gasteiger partial charge in [-0.1, -0.05) is 45.4 Å². The van der Waals surface area contributed by atoms with E-state index < -0.39 is 0 Å². The second-order valence-electron chi connectivity index (χ2n) is 9.32. The summed E-state index contributed by atoms with van der Waals surface area (Å²) >= 11 is 6.15. The van der Waals surface area contributed by atoms with Crippen molar-refractivity contribution in [2.24, 2.45) is 10.8 Å². The average Bonchev–Trinajstić information content (AvgIpc) is 2.70. The third-order valence-corrected chi connectivity index (χ3v) is 6.07. The van der Waals surface area contributed by atoms with Crippen LogP contribution in [0.2, 0.25) is 5.02 Å². The summed E-state index contributed by atoms with van der Waals surface area (Å²) in [4.78, 5) is 20.5. The maximum Gasteiger partial charge on any atom is 0.253 e. The first-order chi connectivity index (χ1) is 14.5. The van der Waals surface area contributed by atoms with Crippen LogP contribution in [0.25, 0.3) is 4.85 Å². The van der Waals surface area contributed by atoms with Crippen molar-refractivity contribution in [2.75, 3.05) is 0 Å². The molecular weight excluding hydrogens is 414 g/mol. The topological polar surface area (TPSA) is 64.8 Å². The summed E-state index contributed by atoms with van der Waals surface area (Å²) in [6.45, 7) is 19.3. The molecule has 6 nitrogen and oxygen atoms in total. The number of rotatable bonds is 6. The Bertz CT molecular complexity index is 994. The Balaban J connectivity index is 1.71. The number of carbonyl (C=O) groups is 1. The van der Waals surface area contributed by atoms with Gasteiger partial charge in [0.2, 0.25) is 11.6 Å². The van der Waals surface area contributed by atoms with E-state index in [9.17, 15) is 4.79 Å². The second-order valence-corrected chi connectivity index (χ2v) is 9.73. The lowest BCUT2D eigenvalue weighted by Gasteiger charge is -2.63. The predicted octanol–water partition coefficient (Wildman–Crippen LogP) is 5.68. The van der Waals surface area contributed by atoms with Gasteiger partial charge in [0.05, 0.1) is 23.3 Å². The number of ether oxygens (including phenoxy) is 2. The lowest BCUT2D eigenvalue weighted by Crippen LogP contribution is -2.74. The van der Waals surface area contributed by atoms with E-state index in [1.54, 1.807) is 30.3 Å². The first-order valence-electron chi connectivity index (χ1n) is 10.2. The van der Waals surface area contributed by atoms with Crippen LogP contribution in [0.1, 0.15) is 51.9 Å². The monoisotopic (exact) mass is 441 g/mol. The van der Waals surface area contributed by atoms with Gasteiger partial charge in [-0.3, -0.25) is 4.79 Å². The van der Waals surface area contributed by atoms with Crippen LogP contribution in [-0.2, 0) is 0 Å². The lowest BCUT2D eigenvalue weighted by atomic mass is 9.49. The highest BCUT2D eigenvalue weighted by molar-refractivity contribution is 6.33. The van der Waals surface area contributed by atoms with Crippen molar-refractivity contribution >= 4 is 23.2 Å². The Morgan fingerprint density at radius 3 is 2.39 bits per heavy atom. The van der Waals surface area contributed by atoms with Gasteiger partial charge in [0.15, 0.2) is 0 Å². The molecule has 1 aromatic carbocycles. The highest BCUT2D eigenvalue weighted by Gasteiger charge is 2.64. The Labute approximate surface area is 188 Å². The van der Waals surface area contributed by atoms with Crippen LogP contribution in [0, 0.1) is 17.4 Å². The zero-order chi connectivity index (χ0) is 23.0. The molecule has 1 N–H and O–H groups in total. The molecule has 1 aliphatic rings. The maximum absolute atomic E-state index is 12.9. The van der Waals surface area contributed by atoms with Gasteiger partial charge < -0.3 is 14.8 Å². The molecule has 31 heavy (non-hydrogen) atoms. The van der Waals surface area contributed by atoms with Crippen LogP contribution >= 0.6 is 11.6 Å². The fourth-order valence-electron chi connectivity index (χ4n) is 4.63. The number of pyridine rings is 1. The first kappa shape index (κ1) is 22.9. The quantitative estimate of drug-likeness (QED) is 0.585. The Hall–Kier alpha value is -2.78. The van der Waals surface area contributed by atoms with Crippen molar-refractivity contribution in [1.82, 2.24) is 10.3 Å². The number of amides is 1. The molecule has 7 heteroatoms. The summed E-state index contributed by atoms with van der Waals surface area (Å²) in [6, 6.07) is 8.38. The van der Waals surface area contributed by atoms with Crippen molar-refractivity contribution < 1.29 is 14.3 Å². The average molecular weight is 442 g/mol. The third-order valence-electron chi connectivity index (χ3n) is 5.76. The van der Waals surface area contributed by atoms with Gasteiger partial charge in [-0.25, -0.2) is 9.83 Å². The molecule has 0 bridgehead atoms. The lowest BCUT2D eigenvalue weighted by molar-refractivity contribution is -0.164. The number of benzene rings is 1. The number of aromatic nitrogens is 1. The Kier molecular flexibility index (Phi) is 6.20. The Morgan fingerprint density at radius 1 is 1.19 bits per heavy atom. The van der Waals surface area contributed by atoms with E-state index in [4.69, 9.17) is 27.6 Å². The minimum absolute atomic E-state index is 0.0214. The smallest absolute Gasteiger partial charge is 0.253 e. The normalized spacial score (nSPS) is 21.0. The summed E-state index contributed by atoms with van der Waals surface area (Å²) in [5, 5.41) is 3.52. The third kappa shape index (κ3) is 4.47. The van der Waals surface area contributed by atoms with Crippen molar-refractivity contribution in [1.29, 1.82) is 0 Å². The van der Waals surface area contributed by atoms with Crippen molar-refractivity contribution in [3.05, 3.63) is 58.5 Å². The van der Waals surface area contributed by atoms with Crippen LogP contribution in [0.4, 0.5) is 5.69 Å². The largest absolute Gasteiger partial charge is 0.489 e. The van der Waals surface area contributed by atoms with Crippen molar-refractivity contribution in [2.45, 2.75) is 59.8 Å². The summed E-state index contributed by atoms with van der Waals surface area (Å²) in [5.74, 6) is 0.920. The number of hydrogen-bond acceptors (Lipinski definition) is 4. The number of carbonyl (C=O) groups excluding carboxylic acids is 1. The summed E-state index contributed by atoms with van der Waals surface area (Å²) in [5.41, 5.74) is 0.231. The van der Waals surface area contributed by atoms with Crippen LogP contribution in [0.15, 0.2) is 36.5 Å². The zero-order valence-electron chi connectivity index (χ0n) is 18.7. The van der Waals surface area contributed by atoms with Gasteiger partial charge in [-0.2, -0.15) is 0 Å². The number of nitrogens with zero attached hydrogens (tertiary/aromatic N) is 2. The van der Waals surface area contributed by atoms with E-state index in [0.29, 0.717) is 27.9 Å². The van der Waals surface area contributed by atoms with Gasteiger partial charge in [-0.05, 0) is 32.0 Å². The molecule has 0 aliphatic heterocycles. The number of nitrogens with one attached hydrogen (secondary N) is 1. The van der Waals surface area contributed by atoms with E-state index in [1.165, 1.54) is 6.20 Å². The maximum atomic E-state index is 12.9.